The van der Waals surface area contributed by atoms with Crippen LogP contribution >= 0.6 is 12.2 Å². The van der Waals surface area contributed by atoms with Crippen LogP contribution in [0.1, 0.15) is 26.2 Å². The number of hydrogen-bond acceptors (Lipinski definition) is 10. The van der Waals surface area contributed by atoms with E-state index in [1.165, 1.54) is 0 Å². The Bertz CT molecular complexity index is 695. The fraction of sp³-hybridized carbons (Fsp3) is 0.706. The minimum Gasteiger partial charge on any atom is -0.550 e. The molecule has 5 atom stereocenters. The van der Waals surface area contributed by atoms with Gasteiger partial charge in [0.1, 0.15) is 6.61 Å². The number of halogens is 2. The van der Waals surface area contributed by atoms with Crippen LogP contribution in [-0.4, -0.2) is 66.8 Å². The maximum Gasteiger partial charge on any atom is 0.302 e. The van der Waals surface area contributed by atoms with E-state index in [4.69, 9.17) is 21.7 Å². The average molecular weight is 467 g/mol. The molecule has 0 aromatic rings. The number of thiocarbonyl (C=S) groups is 1. The normalized spacial score (nSPS) is 25.5. The summed E-state index contributed by atoms with van der Waals surface area (Å²) in [4.78, 5) is 45.0. The Morgan fingerprint density at radius 3 is 2.03 bits per heavy atom. The van der Waals surface area contributed by atoms with Gasteiger partial charge in [-0.2, -0.15) is 0 Å². The predicted octanol–water partition coefficient (Wildman–Crippen LogP) is -3.93. The lowest BCUT2D eigenvalue weighted by molar-refractivity contribution is -0.316. The quantitative estimate of drug-likeness (QED) is 0.223. The summed E-state index contributed by atoms with van der Waals surface area (Å²) in [7, 11) is 0. The third-order valence-corrected chi connectivity index (χ3v) is 4.84. The second-order valence-electron chi connectivity index (χ2n) is 6.84. The highest BCUT2D eigenvalue weighted by atomic mass is 32.1. The van der Waals surface area contributed by atoms with Gasteiger partial charge in [-0.15, -0.1) is 0 Å². The molecule has 0 bridgehead atoms. The summed E-state index contributed by atoms with van der Waals surface area (Å²) in [6.07, 6.45) is -7.53. The average Bonchev–Trinajstić information content (AvgIpc) is 2.62. The van der Waals surface area contributed by atoms with Gasteiger partial charge in [0.15, 0.2) is 5.11 Å². The van der Waals surface area contributed by atoms with Crippen LogP contribution in [0.3, 0.4) is 0 Å². The number of ether oxygens (including phenoxy) is 2. The van der Waals surface area contributed by atoms with Gasteiger partial charge in [0.25, 0.3) is 6.43 Å². The van der Waals surface area contributed by atoms with Crippen molar-refractivity contribution in [2.45, 2.75) is 50.9 Å². The van der Waals surface area contributed by atoms with Crippen LogP contribution in [0.4, 0.5) is 8.78 Å². The molecule has 1 aliphatic rings. The van der Waals surface area contributed by atoms with Crippen LogP contribution in [0.2, 0.25) is 0 Å². The van der Waals surface area contributed by atoms with E-state index in [0.29, 0.717) is 0 Å². The van der Waals surface area contributed by atoms with Crippen molar-refractivity contribution in [2.75, 3.05) is 13.2 Å². The van der Waals surface area contributed by atoms with E-state index in [9.17, 15) is 43.3 Å². The van der Waals surface area contributed by atoms with Gasteiger partial charge >= 0.3 is 5.97 Å². The molecule has 0 spiro atoms. The Hall–Kier alpha value is -2.61. The van der Waals surface area contributed by atoms with Gasteiger partial charge in [0.2, 0.25) is 0 Å². The number of esters is 1. The van der Waals surface area contributed by atoms with Gasteiger partial charge in [-0.3, -0.25) is 4.79 Å². The molecule has 0 aliphatic carbocycles. The Kier molecular flexibility index (Phi) is 10.5. The summed E-state index contributed by atoms with van der Waals surface area (Å²) in [5.41, 5.74) is 0. The number of aliphatic carboxylic acids is 3. The van der Waals surface area contributed by atoms with E-state index in [1.807, 2.05) is 0 Å². The van der Waals surface area contributed by atoms with Crippen LogP contribution in [-0.2, 0) is 28.7 Å². The van der Waals surface area contributed by atoms with Gasteiger partial charge in [0, 0.05) is 31.3 Å². The molecule has 1 heterocycles. The molecule has 0 aromatic carbocycles. The summed E-state index contributed by atoms with van der Waals surface area (Å²) in [6.45, 7) is -0.250. The molecular formula is C17H21F2N2O9S-3. The molecule has 0 unspecified atom stereocenters. The van der Waals surface area contributed by atoms with Crippen molar-refractivity contribution >= 4 is 41.2 Å². The highest BCUT2D eigenvalue weighted by Crippen LogP contribution is 2.37. The standard InChI is InChI=1S/C17H24F2N2O9S/c1-7(22)29-6-11-8(2-13(23)24)9(3-14(25)26)16(10(30-11)4-15(27)28)21-17(31)20-5-12(18)19/h8-12,16H,2-6H2,1H3,(H,23,24)(H,25,26)(H,27,28)(H2,20,21,31)/p-3/t8-,9+,10-,11-,16+/m0/s1. The van der Waals surface area contributed by atoms with Crippen molar-refractivity contribution in [1.29, 1.82) is 0 Å². The molecule has 11 nitrogen and oxygen atoms in total. The van der Waals surface area contributed by atoms with Gasteiger partial charge in [0.05, 0.1) is 24.8 Å². The molecule has 0 amide bonds. The van der Waals surface area contributed by atoms with Crippen molar-refractivity contribution in [3.8, 4) is 0 Å². The van der Waals surface area contributed by atoms with E-state index in [2.05, 4.69) is 10.6 Å². The number of carbonyl (C=O) groups excluding carboxylic acids is 4. The number of rotatable bonds is 11. The van der Waals surface area contributed by atoms with Crippen molar-refractivity contribution in [2.24, 2.45) is 11.8 Å². The van der Waals surface area contributed by atoms with Crippen molar-refractivity contribution in [1.82, 2.24) is 10.6 Å². The molecule has 14 heteroatoms. The second kappa shape index (κ2) is 12.3. The number of alkyl halides is 2. The number of hydrogen-bond donors (Lipinski definition) is 2. The van der Waals surface area contributed by atoms with E-state index in [1.54, 1.807) is 0 Å². The van der Waals surface area contributed by atoms with Crippen LogP contribution in [0.25, 0.3) is 0 Å². The minimum atomic E-state index is -2.76. The largest absolute Gasteiger partial charge is 0.550 e. The van der Waals surface area contributed by atoms with Crippen LogP contribution in [0, 0.1) is 11.8 Å². The lowest BCUT2D eigenvalue weighted by Gasteiger charge is -2.48. The summed E-state index contributed by atoms with van der Waals surface area (Å²) >= 11 is 4.89. The van der Waals surface area contributed by atoms with E-state index < -0.39 is 92.8 Å². The Morgan fingerprint density at radius 2 is 1.55 bits per heavy atom. The van der Waals surface area contributed by atoms with Gasteiger partial charge in [-0.25, -0.2) is 8.78 Å². The fourth-order valence-corrected chi connectivity index (χ4v) is 3.67. The zero-order valence-electron chi connectivity index (χ0n) is 16.3. The smallest absolute Gasteiger partial charge is 0.302 e. The molecule has 1 saturated heterocycles. The first-order chi connectivity index (χ1) is 14.4. The van der Waals surface area contributed by atoms with Crippen molar-refractivity contribution in [3.63, 3.8) is 0 Å². The van der Waals surface area contributed by atoms with Crippen LogP contribution in [0.5, 0.6) is 0 Å². The lowest BCUT2D eigenvalue weighted by Crippen LogP contribution is -2.62. The van der Waals surface area contributed by atoms with Gasteiger partial charge in [-0.1, -0.05) is 0 Å². The zero-order valence-corrected chi connectivity index (χ0v) is 17.2. The first-order valence-electron chi connectivity index (χ1n) is 9.11. The Balaban J connectivity index is 3.27. The monoisotopic (exact) mass is 467 g/mol. The number of nitrogens with one attached hydrogen (secondary N) is 2. The molecule has 31 heavy (non-hydrogen) atoms. The topological polar surface area (TPSA) is 180 Å². The third kappa shape index (κ3) is 9.38. The molecule has 1 fully saturated rings. The molecular weight excluding hydrogens is 446 g/mol. The first-order valence-corrected chi connectivity index (χ1v) is 9.52. The van der Waals surface area contributed by atoms with Crippen molar-refractivity contribution in [3.05, 3.63) is 0 Å². The van der Waals surface area contributed by atoms with Crippen LogP contribution < -0.4 is 26.0 Å². The highest BCUT2D eigenvalue weighted by Gasteiger charge is 2.46. The van der Waals surface area contributed by atoms with Crippen molar-refractivity contribution < 1.29 is 52.8 Å². The lowest BCUT2D eigenvalue weighted by atomic mass is 9.73. The highest BCUT2D eigenvalue weighted by molar-refractivity contribution is 7.80. The van der Waals surface area contributed by atoms with Crippen LogP contribution in [0.15, 0.2) is 0 Å². The summed E-state index contributed by atoms with van der Waals surface area (Å²) in [6, 6.07) is -1.23. The maximum atomic E-state index is 12.4. The molecule has 176 valence electrons. The number of carboxylic acid groups (broad SMARTS) is 3. The Morgan fingerprint density at radius 1 is 1.00 bits per heavy atom. The van der Waals surface area contributed by atoms with Gasteiger partial charge in [-0.05, 0) is 36.9 Å². The molecule has 0 aromatic heterocycles. The molecule has 1 rings (SSSR count). The van der Waals surface area contributed by atoms with E-state index in [0.717, 1.165) is 6.92 Å². The predicted molar refractivity (Wildman–Crippen MR) is 94.7 cm³/mol. The van der Waals surface area contributed by atoms with Gasteiger partial charge < -0.3 is 49.8 Å². The summed E-state index contributed by atoms with van der Waals surface area (Å²) in [5.74, 6) is -7.77. The van der Waals surface area contributed by atoms with E-state index >= 15 is 0 Å². The maximum absolute atomic E-state index is 12.4. The molecule has 0 saturated carbocycles. The molecule has 1 aliphatic heterocycles. The molecule has 2 N–H and O–H groups in total. The molecule has 0 radical (unpaired) electrons. The third-order valence-electron chi connectivity index (χ3n) is 4.58. The SMILES string of the molecule is CC(=O)OC[C@@H]1O[C@@H](CC(=O)[O-])[C@H](NC(=S)NCC(F)F)[C@H](CC(=O)[O-])[C@@H]1CC(=O)[O-]. The fourth-order valence-electron chi connectivity index (χ4n) is 3.45. The number of carboxylic acids is 3. The van der Waals surface area contributed by atoms with E-state index in [-0.39, 0.29) is 5.11 Å². The first kappa shape index (κ1) is 26.4. The minimum absolute atomic E-state index is 0.355. The Labute approximate surface area is 181 Å². The zero-order chi connectivity index (χ0) is 23.7. The second-order valence-corrected chi connectivity index (χ2v) is 7.25. The number of carbonyl (C=O) groups is 4. The summed E-state index contributed by atoms with van der Waals surface area (Å²) < 4.78 is 35.3. The summed E-state index contributed by atoms with van der Waals surface area (Å²) in [5, 5.41) is 38.1.